The highest BCUT2D eigenvalue weighted by molar-refractivity contribution is 6.36. The van der Waals surface area contributed by atoms with Gasteiger partial charge in [0.1, 0.15) is 17.3 Å². The third-order valence-electron chi connectivity index (χ3n) is 3.23. The number of carbonyl (C=O) groups is 1. The molecule has 0 aliphatic heterocycles. The zero-order chi connectivity index (χ0) is 16.6. The quantitative estimate of drug-likeness (QED) is 0.494. The van der Waals surface area contributed by atoms with Gasteiger partial charge in [0.25, 0.3) is 0 Å². The largest absolute Gasteiger partial charge is 0.298 e. The molecule has 0 radical (unpaired) electrons. The molecule has 2 aromatic carbocycles. The predicted molar refractivity (Wildman–Crippen MR) is 84.3 cm³/mol. The zero-order valence-corrected chi connectivity index (χ0v) is 12.9. The Balaban J connectivity index is 2.15. The van der Waals surface area contributed by atoms with Gasteiger partial charge in [-0.3, -0.25) is 4.79 Å². The molecule has 0 bridgehead atoms. The predicted octanol–water partition coefficient (Wildman–Crippen LogP) is 4.94. The van der Waals surface area contributed by atoms with E-state index in [1.165, 1.54) is 41.2 Å². The summed E-state index contributed by atoms with van der Waals surface area (Å²) >= 11 is 11.7. The van der Waals surface area contributed by atoms with Crippen LogP contribution >= 0.6 is 23.2 Å². The van der Waals surface area contributed by atoms with E-state index in [0.717, 1.165) is 6.07 Å². The van der Waals surface area contributed by atoms with Crippen molar-refractivity contribution in [3.8, 4) is 16.9 Å². The molecule has 0 saturated carbocycles. The topological polar surface area (TPSA) is 34.9 Å². The van der Waals surface area contributed by atoms with Crippen molar-refractivity contribution in [2.24, 2.45) is 0 Å². The second-order valence-electron chi connectivity index (χ2n) is 4.72. The van der Waals surface area contributed by atoms with E-state index >= 15 is 0 Å². The molecule has 3 aromatic rings. The standard InChI is InChI=1S/C16H8Cl2F2N2O/c17-13-6-14(18)15(20)5-12(13)16-9(8-23)7-22(21-16)11-3-1-10(19)2-4-11/h1-8H. The molecule has 3 rings (SSSR count). The fourth-order valence-electron chi connectivity index (χ4n) is 2.11. The Morgan fingerprint density at radius 3 is 2.39 bits per heavy atom. The molecule has 0 N–H and O–H groups in total. The van der Waals surface area contributed by atoms with Crippen LogP contribution in [0, 0.1) is 11.6 Å². The SMILES string of the molecule is O=Cc1cn(-c2ccc(F)cc2)nc1-c1cc(F)c(Cl)cc1Cl. The number of carbonyl (C=O) groups excluding carboxylic acids is 1. The maximum Gasteiger partial charge on any atom is 0.153 e. The molecule has 116 valence electrons. The molecule has 0 saturated heterocycles. The number of halogens is 4. The minimum atomic E-state index is -0.667. The lowest BCUT2D eigenvalue weighted by molar-refractivity contribution is 0.112. The molecule has 0 atom stereocenters. The van der Waals surface area contributed by atoms with Crippen LogP contribution in [-0.2, 0) is 0 Å². The lowest BCUT2D eigenvalue weighted by Gasteiger charge is -2.04. The van der Waals surface area contributed by atoms with Crippen molar-refractivity contribution in [1.29, 1.82) is 0 Å². The van der Waals surface area contributed by atoms with E-state index in [1.807, 2.05) is 0 Å². The summed E-state index contributed by atoms with van der Waals surface area (Å²) in [6, 6.07) is 7.92. The summed E-state index contributed by atoms with van der Waals surface area (Å²) in [5, 5.41) is 4.30. The smallest absolute Gasteiger partial charge is 0.153 e. The number of aldehydes is 1. The molecule has 0 aliphatic carbocycles. The molecule has 23 heavy (non-hydrogen) atoms. The van der Waals surface area contributed by atoms with Crippen molar-refractivity contribution in [3.63, 3.8) is 0 Å². The lowest BCUT2D eigenvalue weighted by Crippen LogP contribution is -1.95. The van der Waals surface area contributed by atoms with Gasteiger partial charge in [-0.1, -0.05) is 23.2 Å². The summed E-state index contributed by atoms with van der Waals surface area (Å²) in [6.45, 7) is 0. The van der Waals surface area contributed by atoms with Crippen molar-refractivity contribution in [2.45, 2.75) is 0 Å². The zero-order valence-electron chi connectivity index (χ0n) is 11.4. The van der Waals surface area contributed by atoms with Crippen LogP contribution in [-0.4, -0.2) is 16.1 Å². The third kappa shape index (κ3) is 2.98. The normalized spacial score (nSPS) is 10.8. The molecule has 3 nitrogen and oxygen atoms in total. The average Bonchev–Trinajstić information content (AvgIpc) is 2.95. The first-order valence-electron chi connectivity index (χ1n) is 6.45. The van der Waals surface area contributed by atoms with Crippen LogP contribution in [0.4, 0.5) is 8.78 Å². The summed E-state index contributed by atoms with van der Waals surface area (Å²) in [6.07, 6.45) is 2.05. The molecular formula is C16H8Cl2F2N2O. The van der Waals surface area contributed by atoms with Gasteiger partial charge in [0, 0.05) is 11.8 Å². The Hall–Kier alpha value is -2.24. The molecule has 1 heterocycles. The summed E-state index contributed by atoms with van der Waals surface area (Å²) < 4.78 is 28.1. The summed E-state index contributed by atoms with van der Waals surface area (Å²) in [4.78, 5) is 11.3. The Morgan fingerprint density at radius 1 is 1.04 bits per heavy atom. The van der Waals surface area contributed by atoms with Crippen LogP contribution in [0.2, 0.25) is 10.0 Å². The van der Waals surface area contributed by atoms with Crippen LogP contribution in [0.5, 0.6) is 0 Å². The average molecular weight is 353 g/mol. The van der Waals surface area contributed by atoms with E-state index in [2.05, 4.69) is 5.10 Å². The summed E-state index contributed by atoms with van der Waals surface area (Å²) in [5.41, 5.74) is 1.23. The highest BCUT2D eigenvalue weighted by Gasteiger charge is 2.17. The van der Waals surface area contributed by atoms with E-state index in [4.69, 9.17) is 23.2 Å². The van der Waals surface area contributed by atoms with E-state index in [1.54, 1.807) is 0 Å². The van der Waals surface area contributed by atoms with Crippen molar-refractivity contribution in [1.82, 2.24) is 9.78 Å². The van der Waals surface area contributed by atoms with E-state index in [-0.39, 0.29) is 32.7 Å². The van der Waals surface area contributed by atoms with Crippen LogP contribution in [0.25, 0.3) is 16.9 Å². The minimum absolute atomic E-state index is 0.121. The van der Waals surface area contributed by atoms with Gasteiger partial charge >= 0.3 is 0 Å². The Labute approximate surface area is 140 Å². The first-order chi connectivity index (χ1) is 11.0. The van der Waals surface area contributed by atoms with Gasteiger partial charge < -0.3 is 0 Å². The lowest BCUT2D eigenvalue weighted by atomic mass is 10.1. The third-order valence-corrected chi connectivity index (χ3v) is 3.83. The molecular weight excluding hydrogens is 345 g/mol. The molecule has 1 aromatic heterocycles. The maximum absolute atomic E-state index is 13.7. The van der Waals surface area contributed by atoms with Gasteiger partial charge in [-0.2, -0.15) is 5.10 Å². The minimum Gasteiger partial charge on any atom is -0.298 e. The first-order valence-corrected chi connectivity index (χ1v) is 7.21. The number of hydrogen-bond acceptors (Lipinski definition) is 2. The molecule has 0 aliphatic rings. The molecule has 0 spiro atoms. The van der Waals surface area contributed by atoms with Crippen LogP contribution in [0.1, 0.15) is 10.4 Å². The highest BCUT2D eigenvalue weighted by Crippen LogP contribution is 2.33. The highest BCUT2D eigenvalue weighted by atomic mass is 35.5. The van der Waals surface area contributed by atoms with Gasteiger partial charge in [-0.25, -0.2) is 13.5 Å². The summed E-state index contributed by atoms with van der Waals surface area (Å²) in [7, 11) is 0. The fraction of sp³-hybridized carbons (Fsp3) is 0. The monoisotopic (exact) mass is 352 g/mol. The number of benzene rings is 2. The Bertz CT molecular complexity index is 892. The van der Waals surface area contributed by atoms with Crippen molar-refractivity contribution in [2.75, 3.05) is 0 Å². The molecule has 0 amide bonds. The van der Waals surface area contributed by atoms with Crippen LogP contribution in [0.3, 0.4) is 0 Å². The number of rotatable bonds is 3. The second-order valence-corrected chi connectivity index (χ2v) is 5.53. The van der Waals surface area contributed by atoms with Crippen molar-refractivity contribution < 1.29 is 13.6 Å². The maximum atomic E-state index is 13.7. The summed E-state index contributed by atoms with van der Waals surface area (Å²) in [5.74, 6) is -1.06. The number of nitrogens with zero attached hydrogens (tertiary/aromatic N) is 2. The van der Waals surface area contributed by atoms with Crippen molar-refractivity contribution >= 4 is 29.5 Å². The Kier molecular flexibility index (Phi) is 4.15. The number of hydrogen-bond donors (Lipinski definition) is 0. The first kappa shape index (κ1) is 15.6. The molecule has 7 heteroatoms. The second kappa shape index (κ2) is 6.10. The van der Waals surface area contributed by atoms with Crippen molar-refractivity contribution in [3.05, 3.63) is 69.8 Å². The van der Waals surface area contributed by atoms with Gasteiger partial charge in [-0.05, 0) is 36.4 Å². The van der Waals surface area contributed by atoms with Gasteiger partial charge in [0.2, 0.25) is 0 Å². The van der Waals surface area contributed by atoms with E-state index in [9.17, 15) is 13.6 Å². The molecule has 0 fully saturated rings. The van der Waals surface area contributed by atoms with E-state index < -0.39 is 5.82 Å². The molecule has 0 unspecified atom stereocenters. The number of aromatic nitrogens is 2. The van der Waals surface area contributed by atoms with Crippen LogP contribution < -0.4 is 0 Å². The van der Waals surface area contributed by atoms with E-state index in [0.29, 0.717) is 12.0 Å². The fourth-order valence-corrected chi connectivity index (χ4v) is 2.59. The van der Waals surface area contributed by atoms with Crippen LogP contribution in [0.15, 0.2) is 42.6 Å². The Morgan fingerprint density at radius 2 is 1.74 bits per heavy atom. The van der Waals surface area contributed by atoms with Gasteiger partial charge in [-0.15, -0.1) is 0 Å². The van der Waals surface area contributed by atoms with Gasteiger partial charge in [0.15, 0.2) is 6.29 Å². The van der Waals surface area contributed by atoms with Gasteiger partial charge in [0.05, 0.1) is 21.3 Å².